The number of para-hydroxylation sites is 1. The number of nitrogens with two attached hydrogens (primary N) is 1. The van der Waals surface area contributed by atoms with E-state index in [9.17, 15) is 8.42 Å². The number of sulfonamides is 1. The van der Waals surface area contributed by atoms with Gasteiger partial charge in [0.05, 0.1) is 11.9 Å². The molecule has 0 radical (unpaired) electrons. The van der Waals surface area contributed by atoms with Crippen LogP contribution in [-0.4, -0.2) is 18.2 Å². The number of aryl methyl sites for hydroxylation is 1. The summed E-state index contributed by atoms with van der Waals surface area (Å²) in [6.07, 6.45) is 1.19. The van der Waals surface area contributed by atoms with Crippen molar-refractivity contribution in [1.82, 2.24) is 9.78 Å². The molecule has 0 amide bonds. The monoisotopic (exact) mass is 262 g/mol. The number of aromatic nitrogens is 2. The van der Waals surface area contributed by atoms with E-state index in [4.69, 9.17) is 10.4 Å². The van der Waals surface area contributed by atoms with Gasteiger partial charge in [0.25, 0.3) is 10.0 Å². The second-order valence-corrected chi connectivity index (χ2v) is 5.20. The van der Waals surface area contributed by atoms with Crippen LogP contribution in [0.4, 0.5) is 0 Å². The molecule has 1 aromatic heterocycles. The van der Waals surface area contributed by atoms with Crippen LogP contribution in [0, 0.1) is 18.3 Å². The summed E-state index contributed by atoms with van der Waals surface area (Å²) in [6, 6.07) is 8.87. The Labute approximate surface area is 104 Å². The highest BCUT2D eigenvalue weighted by molar-refractivity contribution is 7.89. The molecule has 0 saturated carbocycles. The summed E-state index contributed by atoms with van der Waals surface area (Å²) in [4.78, 5) is 0. The first-order chi connectivity index (χ1) is 8.45. The molecule has 0 saturated heterocycles. The molecule has 0 spiro atoms. The van der Waals surface area contributed by atoms with Crippen molar-refractivity contribution in [2.45, 2.75) is 11.9 Å². The maximum Gasteiger partial charge on any atom is 0.257 e. The number of hydrogen-bond acceptors (Lipinski definition) is 4. The van der Waals surface area contributed by atoms with Gasteiger partial charge in [-0.3, -0.25) is 0 Å². The first-order valence-corrected chi connectivity index (χ1v) is 6.56. The molecule has 1 aromatic carbocycles. The molecule has 0 unspecified atom stereocenters. The van der Waals surface area contributed by atoms with Crippen molar-refractivity contribution in [1.29, 1.82) is 5.26 Å². The second-order valence-electron chi connectivity index (χ2n) is 3.72. The minimum absolute atomic E-state index is 0.0687. The predicted molar refractivity (Wildman–Crippen MR) is 64.4 cm³/mol. The van der Waals surface area contributed by atoms with Gasteiger partial charge in [-0.2, -0.15) is 10.4 Å². The zero-order valence-electron chi connectivity index (χ0n) is 9.53. The van der Waals surface area contributed by atoms with Gasteiger partial charge in [-0.1, -0.05) is 18.2 Å². The number of nitriles is 1. The minimum Gasteiger partial charge on any atom is -0.223 e. The van der Waals surface area contributed by atoms with Crippen molar-refractivity contribution < 1.29 is 8.42 Å². The Morgan fingerprint density at radius 1 is 1.39 bits per heavy atom. The Bertz CT molecular complexity index is 741. The van der Waals surface area contributed by atoms with Gasteiger partial charge >= 0.3 is 0 Å². The van der Waals surface area contributed by atoms with Gasteiger partial charge in [-0.05, 0) is 18.6 Å². The highest BCUT2D eigenvalue weighted by Gasteiger charge is 2.22. The van der Waals surface area contributed by atoms with Crippen LogP contribution in [0.3, 0.4) is 0 Å². The van der Waals surface area contributed by atoms with Crippen molar-refractivity contribution in [2.75, 3.05) is 0 Å². The van der Waals surface area contributed by atoms with Gasteiger partial charge in [-0.25, -0.2) is 18.2 Å². The van der Waals surface area contributed by atoms with E-state index in [0.717, 1.165) is 5.56 Å². The molecule has 0 fully saturated rings. The maximum absolute atomic E-state index is 11.5. The topological polar surface area (TPSA) is 102 Å². The third-order valence-corrected chi connectivity index (χ3v) is 3.39. The fraction of sp³-hybridized carbons (Fsp3) is 0.0909. The lowest BCUT2D eigenvalue weighted by molar-refractivity contribution is 0.587. The van der Waals surface area contributed by atoms with Gasteiger partial charge in [0.1, 0.15) is 11.6 Å². The van der Waals surface area contributed by atoms with E-state index in [2.05, 4.69) is 5.10 Å². The Balaban J connectivity index is 2.80. The molecular formula is C11H10N4O2S. The molecule has 2 aromatic rings. The molecule has 0 aliphatic rings. The van der Waals surface area contributed by atoms with Crippen LogP contribution in [0.5, 0.6) is 0 Å². The molecule has 2 N–H and O–H groups in total. The van der Waals surface area contributed by atoms with Crippen LogP contribution < -0.4 is 5.14 Å². The highest BCUT2D eigenvalue weighted by atomic mass is 32.2. The lowest BCUT2D eigenvalue weighted by Gasteiger charge is -2.08. The first-order valence-electron chi connectivity index (χ1n) is 5.02. The summed E-state index contributed by atoms with van der Waals surface area (Å²) < 4.78 is 24.3. The molecule has 92 valence electrons. The first kappa shape index (κ1) is 12.3. The standard InChI is InChI=1S/C11H10N4O2S/c1-8-4-2-3-5-10(8)15-11(18(13,16)17)9(6-12)7-14-15/h2-5,7H,1H3,(H2,13,16,17). The van der Waals surface area contributed by atoms with Crippen molar-refractivity contribution in [3.05, 3.63) is 41.6 Å². The Kier molecular flexibility index (Phi) is 2.90. The van der Waals surface area contributed by atoms with Crippen LogP contribution in [0.2, 0.25) is 0 Å². The number of nitrogens with zero attached hydrogens (tertiary/aromatic N) is 3. The summed E-state index contributed by atoms with van der Waals surface area (Å²) in [5, 5.41) is 17.6. The average Bonchev–Trinajstić information content (AvgIpc) is 2.73. The molecule has 7 heteroatoms. The van der Waals surface area contributed by atoms with Crippen LogP contribution in [0.25, 0.3) is 5.69 Å². The molecule has 6 nitrogen and oxygen atoms in total. The van der Waals surface area contributed by atoms with E-state index >= 15 is 0 Å². The summed E-state index contributed by atoms with van der Waals surface area (Å²) in [5.41, 5.74) is 1.33. The van der Waals surface area contributed by atoms with Crippen LogP contribution in [0.15, 0.2) is 35.5 Å². The van der Waals surface area contributed by atoms with E-state index in [1.807, 2.05) is 19.1 Å². The van der Waals surface area contributed by atoms with E-state index in [1.54, 1.807) is 18.2 Å². The summed E-state index contributed by atoms with van der Waals surface area (Å²) >= 11 is 0. The molecule has 2 rings (SSSR count). The van der Waals surface area contributed by atoms with Gasteiger partial charge < -0.3 is 0 Å². The number of hydrogen-bond donors (Lipinski definition) is 1. The predicted octanol–water partition coefficient (Wildman–Crippen LogP) is 0.700. The van der Waals surface area contributed by atoms with Crippen molar-refractivity contribution in [3.63, 3.8) is 0 Å². The lowest BCUT2D eigenvalue weighted by atomic mass is 10.2. The third-order valence-electron chi connectivity index (χ3n) is 2.46. The number of primary sulfonamides is 1. The quantitative estimate of drug-likeness (QED) is 0.860. The summed E-state index contributed by atoms with van der Waals surface area (Å²) in [6.45, 7) is 1.82. The van der Waals surface area contributed by atoms with Crippen molar-refractivity contribution in [3.8, 4) is 11.8 Å². The fourth-order valence-corrected chi connectivity index (χ4v) is 2.45. The Morgan fingerprint density at radius 2 is 2.06 bits per heavy atom. The van der Waals surface area contributed by atoms with Crippen LogP contribution in [0.1, 0.15) is 11.1 Å². The van der Waals surface area contributed by atoms with Gasteiger partial charge in [0.15, 0.2) is 5.03 Å². The zero-order chi connectivity index (χ0) is 13.3. The largest absolute Gasteiger partial charge is 0.257 e. The van der Waals surface area contributed by atoms with Gasteiger partial charge in [0.2, 0.25) is 0 Å². The third kappa shape index (κ3) is 1.99. The molecule has 0 aliphatic carbocycles. The molecule has 0 aliphatic heterocycles. The lowest BCUT2D eigenvalue weighted by Crippen LogP contribution is -2.18. The van der Waals surface area contributed by atoms with E-state index in [1.165, 1.54) is 10.9 Å². The minimum atomic E-state index is -4.02. The van der Waals surface area contributed by atoms with E-state index in [-0.39, 0.29) is 10.6 Å². The summed E-state index contributed by atoms with van der Waals surface area (Å²) in [7, 11) is -4.02. The van der Waals surface area contributed by atoms with E-state index < -0.39 is 10.0 Å². The molecule has 1 heterocycles. The highest BCUT2D eigenvalue weighted by Crippen LogP contribution is 2.20. The van der Waals surface area contributed by atoms with Crippen molar-refractivity contribution in [2.24, 2.45) is 5.14 Å². The average molecular weight is 262 g/mol. The molecule has 0 atom stereocenters. The molecule has 18 heavy (non-hydrogen) atoms. The maximum atomic E-state index is 11.5. The van der Waals surface area contributed by atoms with Gasteiger partial charge in [0, 0.05) is 0 Å². The van der Waals surface area contributed by atoms with Crippen LogP contribution >= 0.6 is 0 Å². The second kappa shape index (κ2) is 4.25. The number of rotatable bonds is 2. The zero-order valence-corrected chi connectivity index (χ0v) is 10.3. The summed E-state index contributed by atoms with van der Waals surface area (Å²) in [5.74, 6) is 0. The molecule has 0 bridgehead atoms. The Hall–Kier alpha value is -2.17. The molecular weight excluding hydrogens is 252 g/mol. The van der Waals surface area contributed by atoms with Gasteiger partial charge in [-0.15, -0.1) is 0 Å². The SMILES string of the molecule is Cc1ccccc1-n1ncc(C#N)c1S(N)(=O)=O. The smallest absolute Gasteiger partial charge is 0.223 e. The van der Waals surface area contributed by atoms with E-state index in [0.29, 0.717) is 5.69 Å². The fourth-order valence-electron chi connectivity index (χ4n) is 1.66. The number of benzene rings is 1. The van der Waals surface area contributed by atoms with Crippen LogP contribution in [-0.2, 0) is 10.0 Å². The van der Waals surface area contributed by atoms with Crippen molar-refractivity contribution >= 4 is 10.0 Å². The normalized spacial score (nSPS) is 11.2. The Morgan fingerprint density at radius 3 is 2.61 bits per heavy atom.